The first-order valence-corrected chi connectivity index (χ1v) is 4.29. The zero-order valence-electron chi connectivity index (χ0n) is 7.25. The molecule has 2 rings (SSSR count). The summed E-state index contributed by atoms with van der Waals surface area (Å²) in [6, 6.07) is 0. The van der Waals surface area contributed by atoms with Crippen molar-refractivity contribution in [3.05, 3.63) is 59.3 Å². The Bertz CT molecular complexity index is 333. The quantitative estimate of drug-likeness (QED) is 0.504. The molecular formula is C12H12. The maximum Gasteiger partial charge on any atom is -0.00884 e. The van der Waals surface area contributed by atoms with Crippen molar-refractivity contribution in [2.24, 2.45) is 0 Å². The van der Waals surface area contributed by atoms with E-state index in [1.807, 2.05) is 0 Å². The van der Waals surface area contributed by atoms with Gasteiger partial charge in [-0.15, -0.1) is 0 Å². The summed E-state index contributed by atoms with van der Waals surface area (Å²) in [5, 5.41) is 0. The van der Waals surface area contributed by atoms with Crippen LogP contribution in [-0.2, 0) is 0 Å². The average molecular weight is 156 g/mol. The topological polar surface area (TPSA) is 0 Å². The Kier molecular flexibility index (Phi) is 1.83. The highest BCUT2D eigenvalue weighted by Gasteiger charge is 2.03. The van der Waals surface area contributed by atoms with E-state index < -0.39 is 0 Å². The Labute approximate surface area is 73.3 Å². The summed E-state index contributed by atoms with van der Waals surface area (Å²) in [5.74, 6) is 0. The molecule has 60 valence electrons. The average Bonchev–Trinajstić information content (AvgIpc) is 2.54. The van der Waals surface area contributed by atoms with E-state index in [0.29, 0.717) is 0 Å². The van der Waals surface area contributed by atoms with Crippen molar-refractivity contribution in [1.82, 2.24) is 0 Å². The normalized spacial score (nSPS) is 26.6. The Balaban J connectivity index is 2.34. The molecule has 0 saturated heterocycles. The number of hydrogen-bond donors (Lipinski definition) is 0. The minimum Gasteiger partial charge on any atom is -0.0801 e. The van der Waals surface area contributed by atoms with Gasteiger partial charge in [-0.1, -0.05) is 48.1 Å². The number of rotatable bonds is 0. The largest absolute Gasteiger partial charge is 0.0801 e. The van der Waals surface area contributed by atoms with Crippen molar-refractivity contribution in [2.45, 2.75) is 13.3 Å². The fourth-order valence-electron chi connectivity index (χ4n) is 1.49. The molecule has 0 aromatic heterocycles. The maximum absolute atomic E-state index is 2.23. The molecule has 0 nitrogen and oxygen atoms in total. The Morgan fingerprint density at radius 2 is 2.00 bits per heavy atom. The van der Waals surface area contributed by atoms with Gasteiger partial charge in [0.05, 0.1) is 0 Å². The van der Waals surface area contributed by atoms with E-state index in [2.05, 4.69) is 49.5 Å². The second kappa shape index (κ2) is 2.98. The predicted molar refractivity (Wildman–Crippen MR) is 52.8 cm³/mol. The van der Waals surface area contributed by atoms with Gasteiger partial charge in [-0.3, -0.25) is 0 Å². The Hall–Kier alpha value is -1.30. The first-order chi connectivity index (χ1) is 5.86. The minimum atomic E-state index is 1.07. The SMILES string of the molecule is CC1=CC(=C2C=CC=CC2)C=C1. The third kappa shape index (κ3) is 1.33. The lowest BCUT2D eigenvalue weighted by Crippen LogP contribution is -1.84. The lowest BCUT2D eigenvalue weighted by atomic mass is 10.0. The highest BCUT2D eigenvalue weighted by molar-refractivity contribution is 5.51. The van der Waals surface area contributed by atoms with Gasteiger partial charge >= 0.3 is 0 Å². The summed E-state index contributed by atoms with van der Waals surface area (Å²) in [4.78, 5) is 0. The van der Waals surface area contributed by atoms with Gasteiger partial charge in [-0.25, -0.2) is 0 Å². The standard InChI is InChI=1S/C12H12/c1-10-7-8-12(9-10)11-5-3-2-4-6-11/h2-5,7-9H,6H2,1H3. The van der Waals surface area contributed by atoms with Crippen molar-refractivity contribution < 1.29 is 0 Å². The highest BCUT2D eigenvalue weighted by Crippen LogP contribution is 2.22. The molecule has 0 N–H and O–H groups in total. The van der Waals surface area contributed by atoms with E-state index in [9.17, 15) is 0 Å². The van der Waals surface area contributed by atoms with E-state index in [4.69, 9.17) is 0 Å². The number of hydrogen-bond acceptors (Lipinski definition) is 0. The fourth-order valence-corrected chi connectivity index (χ4v) is 1.49. The first-order valence-electron chi connectivity index (χ1n) is 4.29. The lowest BCUT2D eigenvalue weighted by molar-refractivity contribution is 1.24. The van der Waals surface area contributed by atoms with Crippen molar-refractivity contribution >= 4 is 0 Å². The van der Waals surface area contributed by atoms with Crippen molar-refractivity contribution in [3.8, 4) is 0 Å². The summed E-state index contributed by atoms with van der Waals surface area (Å²) in [6.07, 6.45) is 16.2. The molecule has 0 aromatic carbocycles. The van der Waals surface area contributed by atoms with Crippen LogP contribution in [-0.4, -0.2) is 0 Å². The van der Waals surface area contributed by atoms with Crippen LogP contribution in [0.3, 0.4) is 0 Å². The molecule has 0 atom stereocenters. The van der Waals surface area contributed by atoms with E-state index >= 15 is 0 Å². The summed E-state index contributed by atoms with van der Waals surface area (Å²) in [5.41, 5.74) is 4.14. The number of allylic oxidation sites excluding steroid dienone is 10. The van der Waals surface area contributed by atoms with Crippen LogP contribution in [0.15, 0.2) is 59.3 Å². The van der Waals surface area contributed by atoms with Gasteiger partial charge in [0.2, 0.25) is 0 Å². The van der Waals surface area contributed by atoms with Gasteiger partial charge in [0.1, 0.15) is 0 Å². The van der Waals surface area contributed by atoms with Crippen LogP contribution in [0.4, 0.5) is 0 Å². The summed E-state index contributed by atoms with van der Waals surface area (Å²) in [7, 11) is 0. The molecule has 2 aliphatic carbocycles. The van der Waals surface area contributed by atoms with Crippen LogP contribution < -0.4 is 0 Å². The molecule has 12 heavy (non-hydrogen) atoms. The van der Waals surface area contributed by atoms with Gasteiger partial charge in [0, 0.05) is 0 Å². The van der Waals surface area contributed by atoms with Gasteiger partial charge < -0.3 is 0 Å². The van der Waals surface area contributed by atoms with E-state index in [1.165, 1.54) is 16.7 Å². The molecule has 0 bridgehead atoms. The molecule has 0 spiro atoms. The van der Waals surface area contributed by atoms with Gasteiger partial charge in [0.15, 0.2) is 0 Å². The van der Waals surface area contributed by atoms with Crippen LogP contribution >= 0.6 is 0 Å². The Morgan fingerprint density at radius 1 is 1.08 bits per heavy atom. The van der Waals surface area contributed by atoms with Crippen molar-refractivity contribution in [1.29, 1.82) is 0 Å². The smallest absolute Gasteiger partial charge is 0.00884 e. The molecule has 0 radical (unpaired) electrons. The predicted octanol–water partition coefficient (Wildman–Crippen LogP) is 3.32. The van der Waals surface area contributed by atoms with E-state index in [-0.39, 0.29) is 0 Å². The zero-order chi connectivity index (χ0) is 8.39. The summed E-state index contributed by atoms with van der Waals surface area (Å²) < 4.78 is 0. The van der Waals surface area contributed by atoms with Crippen LogP contribution in [0, 0.1) is 0 Å². The molecule has 0 aromatic rings. The minimum absolute atomic E-state index is 1.07. The molecule has 0 fully saturated rings. The molecule has 0 heteroatoms. The van der Waals surface area contributed by atoms with Crippen molar-refractivity contribution in [3.63, 3.8) is 0 Å². The highest BCUT2D eigenvalue weighted by atomic mass is 14.1. The lowest BCUT2D eigenvalue weighted by Gasteiger charge is -2.03. The fraction of sp³-hybridized carbons (Fsp3) is 0.167. The molecule has 2 aliphatic rings. The second-order valence-electron chi connectivity index (χ2n) is 3.19. The van der Waals surface area contributed by atoms with E-state index in [1.54, 1.807) is 0 Å². The monoisotopic (exact) mass is 156 g/mol. The van der Waals surface area contributed by atoms with E-state index in [0.717, 1.165) is 6.42 Å². The maximum atomic E-state index is 2.23. The summed E-state index contributed by atoms with van der Waals surface area (Å²) in [6.45, 7) is 2.13. The van der Waals surface area contributed by atoms with Crippen LogP contribution in [0.1, 0.15) is 13.3 Å². The van der Waals surface area contributed by atoms with Crippen molar-refractivity contribution in [2.75, 3.05) is 0 Å². The molecule has 0 aliphatic heterocycles. The zero-order valence-corrected chi connectivity index (χ0v) is 7.25. The van der Waals surface area contributed by atoms with Gasteiger partial charge in [-0.2, -0.15) is 0 Å². The molecule has 0 saturated carbocycles. The second-order valence-corrected chi connectivity index (χ2v) is 3.19. The van der Waals surface area contributed by atoms with Crippen LogP contribution in [0.5, 0.6) is 0 Å². The first kappa shape index (κ1) is 7.35. The van der Waals surface area contributed by atoms with Crippen LogP contribution in [0.2, 0.25) is 0 Å². The Morgan fingerprint density at radius 3 is 2.58 bits per heavy atom. The third-order valence-corrected chi connectivity index (χ3v) is 2.16. The summed E-state index contributed by atoms with van der Waals surface area (Å²) >= 11 is 0. The molecule has 0 heterocycles. The van der Waals surface area contributed by atoms with Gasteiger partial charge in [-0.05, 0) is 24.5 Å². The van der Waals surface area contributed by atoms with Crippen LogP contribution in [0.25, 0.3) is 0 Å². The third-order valence-electron chi connectivity index (χ3n) is 2.16. The van der Waals surface area contributed by atoms with Gasteiger partial charge in [0.25, 0.3) is 0 Å². The molecular weight excluding hydrogens is 144 g/mol. The molecule has 0 amide bonds. The molecule has 0 unspecified atom stereocenters.